The van der Waals surface area contributed by atoms with E-state index in [2.05, 4.69) is 20.6 Å². The van der Waals surface area contributed by atoms with Crippen LogP contribution in [-0.2, 0) is 4.74 Å². The summed E-state index contributed by atoms with van der Waals surface area (Å²) in [6.45, 7) is 7.52. The van der Waals surface area contributed by atoms with Crippen molar-refractivity contribution in [1.82, 2.24) is 9.97 Å². The molecular formula is C21H22N4O3S. The van der Waals surface area contributed by atoms with E-state index in [0.29, 0.717) is 27.8 Å². The molecule has 0 saturated carbocycles. The first-order valence-corrected chi connectivity index (χ1v) is 10.0. The molecule has 0 spiro atoms. The Hall–Kier alpha value is -3.26. The fraction of sp³-hybridized carbons (Fsp3) is 0.238. The second-order valence-electron chi connectivity index (χ2n) is 6.46. The summed E-state index contributed by atoms with van der Waals surface area (Å²) < 4.78 is 5.04. The quantitative estimate of drug-likeness (QED) is 0.581. The van der Waals surface area contributed by atoms with E-state index in [1.807, 2.05) is 36.6 Å². The number of anilines is 2. The summed E-state index contributed by atoms with van der Waals surface area (Å²) in [4.78, 5) is 33.3. The summed E-state index contributed by atoms with van der Waals surface area (Å²) in [6, 6.07) is 9.14. The highest BCUT2D eigenvalue weighted by atomic mass is 32.1. The van der Waals surface area contributed by atoms with E-state index < -0.39 is 12.0 Å². The Morgan fingerprint density at radius 2 is 1.76 bits per heavy atom. The van der Waals surface area contributed by atoms with Gasteiger partial charge >= 0.3 is 12.0 Å². The van der Waals surface area contributed by atoms with Gasteiger partial charge in [0.05, 0.1) is 34.9 Å². The normalized spacial score (nSPS) is 10.5. The first-order chi connectivity index (χ1) is 13.9. The molecule has 150 valence electrons. The third-order valence-electron chi connectivity index (χ3n) is 4.22. The monoisotopic (exact) mass is 410 g/mol. The number of carbonyl (C=O) groups excluding carboxylic acids is 2. The van der Waals surface area contributed by atoms with E-state index in [1.165, 1.54) is 16.9 Å². The number of rotatable bonds is 5. The third kappa shape index (κ3) is 4.97. The maximum atomic E-state index is 12.4. The summed E-state index contributed by atoms with van der Waals surface area (Å²) in [5.41, 5.74) is 4.86. The molecule has 0 bridgehead atoms. The van der Waals surface area contributed by atoms with Crippen molar-refractivity contribution in [3.8, 4) is 11.3 Å². The average Bonchev–Trinajstić information content (AvgIpc) is 3.13. The Balaban J connectivity index is 1.72. The Morgan fingerprint density at radius 1 is 1.03 bits per heavy atom. The topological polar surface area (TPSA) is 93.2 Å². The van der Waals surface area contributed by atoms with Gasteiger partial charge in [-0.3, -0.25) is 10.3 Å². The number of benzene rings is 1. The Bertz CT molecular complexity index is 1040. The fourth-order valence-corrected chi connectivity index (χ4v) is 3.42. The number of aromatic nitrogens is 2. The average molecular weight is 410 g/mol. The van der Waals surface area contributed by atoms with Crippen molar-refractivity contribution in [2.75, 3.05) is 17.2 Å². The second kappa shape index (κ2) is 8.83. The lowest BCUT2D eigenvalue weighted by Gasteiger charge is -2.12. The predicted molar refractivity (Wildman–Crippen MR) is 115 cm³/mol. The highest BCUT2D eigenvalue weighted by molar-refractivity contribution is 7.14. The molecule has 0 atom stereocenters. The molecule has 3 rings (SSSR count). The molecule has 0 fully saturated rings. The first kappa shape index (κ1) is 20.5. The molecule has 7 nitrogen and oxygen atoms in total. The largest absolute Gasteiger partial charge is 0.462 e. The van der Waals surface area contributed by atoms with Gasteiger partial charge in [0.25, 0.3) is 0 Å². The van der Waals surface area contributed by atoms with Crippen LogP contribution in [0.15, 0.2) is 35.7 Å². The van der Waals surface area contributed by atoms with Gasteiger partial charge in [-0.2, -0.15) is 0 Å². The highest BCUT2D eigenvalue weighted by Crippen LogP contribution is 2.25. The lowest BCUT2D eigenvalue weighted by Crippen LogP contribution is -2.21. The van der Waals surface area contributed by atoms with Crippen molar-refractivity contribution in [1.29, 1.82) is 0 Å². The number of esters is 1. The zero-order valence-corrected chi connectivity index (χ0v) is 17.5. The van der Waals surface area contributed by atoms with Crippen molar-refractivity contribution < 1.29 is 14.3 Å². The van der Waals surface area contributed by atoms with Gasteiger partial charge < -0.3 is 10.1 Å². The van der Waals surface area contributed by atoms with Crippen molar-refractivity contribution in [3.63, 3.8) is 0 Å². The maximum absolute atomic E-state index is 12.4. The minimum absolute atomic E-state index is 0.267. The number of ether oxygens (including phenoxy) is 1. The lowest BCUT2D eigenvalue weighted by molar-refractivity contribution is 0.0525. The molecule has 29 heavy (non-hydrogen) atoms. The van der Waals surface area contributed by atoms with Crippen LogP contribution in [0.2, 0.25) is 0 Å². The van der Waals surface area contributed by atoms with Crippen LogP contribution < -0.4 is 10.6 Å². The highest BCUT2D eigenvalue weighted by Gasteiger charge is 2.16. The predicted octanol–water partition coefficient (Wildman–Crippen LogP) is 4.95. The van der Waals surface area contributed by atoms with Gasteiger partial charge in [0.2, 0.25) is 0 Å². The van der Waals surface area contributed by atoms with Gasteiger partial charge in [0.1, 0.15) is 0 Å². The molecular weight excluding hydrogens is 388 g/mol. The van der Waals surface area contributed by atoms with Crippen LogP contribution in [0.3, 0.4) is 0 Å². The Kier molecular flexibility index (Phi) is 6.23. The van der Waals surface area contributed by atoms with Gasteiger partial charge in [0, 0.05) is 10.9 Å². The molecule has 0 aliphatic carbocycles. The number of hydrogen-bond donors (Lipinski definition) is 2. The van der Waals surface area contributed by atoms with Gasteiger partial charge in [0.15, 0.2) is 5.13 Å². The first-order valence-electron chi connectivity index (χ1n) is 9.13. The Morgan fingerprint density at radius 3 is 2.45 bits per heavy atom. The van der Waals surface area contributed by atoms with Crippen LogP contribution in [0.25, 0.3) is 11.3 Å². The van der Waals surface area contributed by atoms with Crippen LogP contribution in [0, 0.1) is 20.8 Å². The van der Waals surface area contributed by atoms with E-state index in [0.717, 1.165) is 11.3 Å². The van der Waals surface area contributed by atoms with Crippen LogP contribution in [0.4, 0.5) is 15.6 Å². The van der Waals surface area contributed by atoms with E-state index in [1.54, 1.807) is 26.8 Å². The summed E-state index contributed by atoms with van der Waals surface area (Å²) in [7, 11) is 0. The summed E-state index contributed by atoms with van der Waals surface area (Å²) in [5.74, 6) is -0.469. The van der Waals surface area contributed by atoms with Crippen molar-refractivity contribution in [2.24, 2.45) is 0 Å². The molecule has 0 aliphatic rings. The molecule has 3 aromatic rings. The third-order valence-corrected chi connectivity index (χ3v) is 4.98. The van der Waals surface area contributed by atoms with Crippen molar-refractivity contribution in [2.45, 2.75) is 27.7 Å². The number of aryl methyl sites for hydroxylation is 3. The van der Waals surface area contributed by atoms with Gasteiger partial charge in [-0.15, -0.1) is 11.3 Å². The second-order valence-corrected chi connectivity index (χ2v) is 7.32. The standard InChI is InChI=1S/C21H22N4O3S/c1-5-28-19(26)16-10-17(14(4)22-13(16)3)23-20(27)25-21-24-18(11-29-21)15-8-6-12(2)7-9-15/h6-11H,5H2,1-4H3,(H2,23,24,25,27). The summed E-state index contributed by atoms with van der Waals surface area (Å²) in [5, 5.41) is 7.81. The molecule has 0 saturated heterocycles. The minimum Gasteiger partial charge on any atom is -0.462 e. The van der Waals surface area contributed by atoms with Crippen molar-refractivity contribution >= 4 is 34.2 Å². The van der Waals surface area contributed by atoms with Gasteiger partial charge in [-0.05, 0) is 33.8 Å². The Labute approximate surface area is 173 Å². The van der Waals surface area contributed by atoms with Crippen LogP contribution in [0.1, 0.15) is 34.2 Å². The molecule has 2 aromatic heterocycles. The van der Waals surface area contributed by atoms with Crippen molar-refractivity contribution in [3.05, 3.63) is 58.2 Å². The van der Waals surface area contributed by atoms with E-state index in [9.17, 15) is 9.59 Å². The van der Waals surface area contributed by atoms with Crippen LogP contribution in [0.5, 0.6) is 0 Å². The molecule has 2 N–H and O–H groups in total. The number of carbonyl (C=O) groups is 2. The zero-order valence-electron chi connectivity index (χ0n) is 16.7. The van der Waals surface area contributed by atoms with E-state index in [-0.39, 0.29) is 6.61 Å². The van der Waals surface area contributed by atoms with E-state index in [4.69, 9.17) is 4.74 Å². The molecule has 8 heteroatoms. The van der Waals surface area contributed by atoms with E-state index >= 15 is 0 Å². The summed E-state index contributed by atoms with van der Waals surface area (Å²) >= 11 is 1.34. The molecule has 2 amide bonds. The fourth-order valence-electron chi connectivity index (χ4n) is 2.71. The molecule has 1 aromatic carbocycles. The number of thiazole rings is 1. The maximum Gasteiger partial charge on any atom is 0.340 e. The number of amides is 2. The molecule has 2 heterocycles. The number of hydrogen-bond acceptors (Lipinski definition) is 6. The zero-order chi connectivity index (χ0) is 21.0. The SMILES string of the molecule is CCOC(=O)c1cc(NC(=O)Nc2nc(-c3ccc(C)cc3)cs2)c(C)nc1C. The van der Waals surface area contributed by atoms with Gasteiger partial charge in [-0.1, -0.05) is 29.8 Å². The molecule has 0 aliphatic heterocycles. The number of urea groups is 1. The number of nitrogens with zero attached hydrogens (tertiary/aromatic N) is 2. The number of nitrogens with one attached hydrogen (secondary N) is 2. The molecule has 0 radical (unpaired) electrons. The smallest absolute Gasteiger partial charge is 0.340 e. The number of pyridine rings is 1. The molecule has 0 unspecified atom stereocenters. The lowest BCUT2D eigenvalue weighted by atomic mass is 10.1. The minimum atomic E-state index is -0.469. The summed E-state index contributed by atoms with van der Waals surface area (Å²) in [6.07, 6.45) is 0. The van der Waals surface area contributed by atoms with Crippen LogP contribution >= 0.6 is 11.3 Å². The van der Waals surface area contributed by atoms with Gasteiger partial charge in [-0.25, -0.2) is 14.6 Å². The van der Waals surface area contributed by atoms with Crippen LogP contribution in [-0.4, -0.2) is 28.6 Å².